The van der Waals surface area contributed by atoms with Gasteiger partial charge in [0, 0.05) is 12.1 Å². The predicted molar refractivity (Wildman–Crippen MR) is 100 cm³/mol. The van der Waals surface area contributed by atoms with Crippen LogP contribution in [0, 0.1) is 5.92 Å². The van der Waals surface area contributed by atoms with Crippen LogP contribution in [0.4, 0.5) is 0 Å². The van der Waals surface area contributed by atoms with Crippen molar-refractivity contribution >= 4 is 29.9 Å². The highest BCUT2D eigenvalue weighted by Gasteiger charge is 2.16. The number of benzene rings is 1. The second kappa shape index (κ2) is 8.22. The van der Waals surface area contributed by atoms with Crippen LogP contribution < -0.4 is 11.1 Å². The first-order valence-electron chi connectivity index (χ1n) is 7.49. The summed E-state index contributed by atoms with van der Waals surface area (Å²) in [5, 5.41) is 3.18. The highest BCUT2D eigenvalue weighted by Crippen LogP contribution is 2.25. The molecule has 4 nitrogen and oxygen atoms in total. The molecule has 0 bridgehead atoms. The summed E-state index contributed by atoms with van der Waals surface area (Å²) in [6.07, 6.45) is 3.95. The van der Waals surface area contributed by atoms with Gasteiger partial charge in [0.05, 0.1) is 0 Å². The molecular weight excluding hydrogens is 389 g/mol. The zero-order chi connectivity index (χ0) is 14.5. The summed E-state index contributed by atoms with van der Waals surface area (Å²) in [4.78, 5) is 4.32. The fourth-order valence-corrected chi connectivity index (χ4v) is 2.39. The average Bonchev–Trinajstić information content (AvgIpc) is 2.93. The topological polar surface area (TPSA) is 63.5 Å². The van der Waals surface area contributed by atoms with E-state index in [9.17, 15) is 0 Å². The molecule has 1 aliphatic rings. The Labute approximate surface area is 148 Å². The molecule has 1 fully saturated rings. The highest BCUT2D eigenvalue weighted by atomic mass is 127. The molecule has 3 rings (SSSR count). The molecule has 22 heavy (non-hydrogen) atoms. The fourth-order valence-electron chi connectivity index (χ4n) is 2.39. The lowest BCUT2D eigenvalue weighted by Crippen LogP contribution is -2.37. The van der Waals surface area contributed by atoms with E-state index in [1.165, 1.54) is 19.3 Å². The quantitative estimate of drug-likeness (QED) is 0.447. The van der Waals surface area contributed by atoms with E-state index in [1.807, 2.05) is 42.5 Å². The van der Waals surface area contributed by atoms with Gasteiger partial charge in [-0.2, -0.15) is 0 Å². The molecule has 1 heterocycles. The van der Waals surface area contributed by atoms with E-state index in [4.69, 9.17) is 10.2 Å². The molecular formula is C17H22IN3O. The second-order valence-electron chi connectivity index (χ2n) is 5.51. The number of nitrogens with two attached hydrogens (primary N) is 1. The van der Waals surface area contributed by atoms with Crippen LogP contribution in [0.5, 0.6) is 0 Å². The first kappa shape index (κ1) is 16.9. The Balaban J connectivity index is 0.00000176. The molecule has 1 aromatic carbocycles. The summed E-state index contributed by atoms with van der Waals surface area (Å²) in [6, 6.07) is 14.0. The van der Waals surface area contributed by atoms with Gasteiger partial charge in [-0.05, 0) is 30.9 Å². The lowest BCUT2D eigenvalue weighted by atomic mass is 9.85. The molecule has 2 aromatic rings. The van der Waals surface area contributed by atoms with Gasteiger partial charge in [-0.3, -0.25) is 0 Å². The van der Waals surface area contributed by atoms with Crippen molar-refractivity contribution in [1.29, 1.82) is 0 Å². The smallest absolute Gasteiger partial charge is 0.189 e. The van der Waals surface area contributed by atoms with Crippen molar-refractivity contribution in [2.75, 3.05) is 6.54 Å². The number of hydrogen-bond donors (Lipinski definition) is 2. The molecule has 0 saturated heterocycles. The second-order valence-corrected chi connectivity index (χ2v) is 5.51. The first-order valence-corrected chi connectivity index (χ1v) is 7.49. The maximum atomic E-state index is 5.86. The van der Waals surface area contributed by atoms with E-state index in [2.05, 4.69) is 10.3 Å². The molecule has 0 amide bonds. The molecule has 1 aromatic heterocycles. The number of hydrogen-bond acceptors (Lipinski definition) is 2. The van der Waals surface area contributed by atoms with E-state index in [0.717, 1.165) is 29.5 Å². The normalized spacial score (nSPS) is 15.0. The number of furan rings is 1. The Hall–Kier alpha value is -1.50. The van der Waals surface area contributed by atoms with Crippen LogP contribution in [-0.4, -0.2) is 12.5 Å². The number of aliphatic imine (C=N–C) groups is 1. The molecule has 0 atom stereocenters. The van der Waals surface area contributed by atoms with Crippen molar-refractivity contribution in [3.8, 4) is 11.3 Å². The Kier molecular flexibility index (Phi) is 6.30. The van der Waals surface area contributed by atoms with Crippen LogP contribution >= 0.6 is 24.0 Å². The number of rotatable bonds is 5. The van der Waals surface area contributed by atoms with Crippen LogP contribution in [0.1, 0.15) is 25.0 Å². The lowest BCUT2D eigenvalue weighted by Gasteiger charge is -2.25. The summed E-state index contributed by atoms with van der Waals surface area (Å²) in [7, 11) is 0. The van der Waals surface area contributed by atoms with Crippen molar-refractivity contribution in [2.45, 2.75) is 25.8 Å². The molecule has 0 unspecified atom stereocenters. The van der Waals surface area contributed by atoms with Crippen LogP contribution in [0.15, 0.2) is 51.9 Å². The predicted octanol–water partition coefficient (Wildman–Crippen LogP) is 3.77. The van der Waals surface area contributed by atoms with Gasteiger partial charge in [-0.25, -0.2) is 4.99 Å². The summed E-state index contributed by atoms with van der Waals surface area (Å²) < 4.78 is 5.79. The summed E-state index contributed by atoms with van der Waals surface area (Å²) in [5.74, 6) is 2.95. The summed E-state index contributed by atoms with van der Waals surface area (Å²) in [6.45, 7) is 1.40. The van der Waals surface area contributed by atoms with Crippen LogP contribution in [0.2, 0.25) is 0 Å². The minimum Gasteiger partial charge on any atom is -0.459 e. The van der Waals surface area contributed by atoms with Gasteiger partial charge in [0.15, 0.2) is 5.96 Å². The lowest BCUT2D eigenvalue weighted by molar-refractivity contribution is 0.315. The molecule has 0 radical (unpaired) electrons. The van der Waals surface area contributed by atoms with Gasteiger partial charge in [0.2, 0.25) is 0 Å². The minimum atomic E-state index is 0. The number of nitrogens with one attached hydrogen (secondary N) is 1. The van der Waals surface area contributed by atoms with E-state index >= 15 is 0 Å². The molecule has 1 saturated carbocycles. The minimum absolute atomic E-state index is 0. The summed E-state index contributed by atoms with van der Waals surface area (Å²) in [5.41, 5.74) is 6.94. The van der Waals surface area contributed by atoms with Crippen molar-refractivity contribution < 1.29 is 4.42 Å². The summed E-state index contributed by atoms with van der Waals surface area (Å²) >= 11 is 0. The van der Waals surface area contributed by atoms with E-state index in [-0.39, 0.29) is 24.0 Å². The molecule has 118 valence electrons. The fraction of sp³-hybridized carbons (Fsp3) is 0.353. The molecule has 5 heteroatoms. The number of halogens is 1. The first-order chi connectivity index (χ1) is 10.3. The third-order valence-electron chi connectivity index (χ3n) is 3.92. The molecule has 0 aliphatic heterocycles. The van der Waals surface area contributed by atoms with E-state index < -0.39 is 0 Å². The van der Waals surface area contributed by atoms with Gasteiger partial charge >= 0.3 is 0 Å². The number of nitrogens with zero attached hydrogens (tertiary/aromatic N) is 1. The third-order valence-corrected chi connectivity index (χ3v) is 3.92. The molecule has 3 N–H and O–H groups in total. The van der Waals surface area contributed by atoms with Crippen molar-refractivity contribution in [3.63, 3.8) is 0 Å². The van der Waals surface area contributed by atoms with Gasteiger partial charge < -0.3 is 15.5 Å². The SMILES string of the molecule is I.NC(=NCc1ccc(-c2ccccc2)o1)NCC1CCC1. The van der Waals surface area contributed by atoms with Crippen LogP contribution in [0.25, 0.3) is 11.3 Å². The van der Waals surface area contributed by atoms with Gasteiger partial charge in [-0.15, -0.1) is 24.0 Å². The maximum Gasteiger partial charge on any atom is 0.189 e. The van der Waals surface area contributed by atoms with Crippen molar-refractivity contribution in [3.05, 3.63) is 48.2 Å². The zero-order valence-corrected chi connectivity index (χ0v) is 14.8. The largest absolute Gasteiger partial charge is 0.459 e. The van der Waals surface area contributed by atoms with Crippen molar-refractivity contribution in [1.82, 2.24) is 5.32 Å². The molecule has 0 spiro atoms. The van der Waals surface area contributed by atoms with Gasteiger partial charge in [-0.1, -0.05) is 36.8 Å². The Morgan fingerprint density at radius 1 is 1.18 bits per heavy atom. The monoisotopic (exact) mass is 411 g/mol. The Morgan fingerprint density at radius 3 is 2.64 bits per heavy atom. The maximum absolute atomic E-state index is 5.86. The van der Waals surface area contributed by atoms with Crippen molar-refractivity contribution in [2.24, 2.45) is 16.6 Å². The number of guanidine groups is 1. The average molecular weight is 411 g/mol. The standard InChI is InChI=1S/C17H21N3O.HI/c18-17(19-11-13-5-4-6-13)20-12-15-9-10-16(21-15)14-7-2-1-3-8-14;/h1-3,7-10,13H,4-6,11-12H2,(H3,18,19,20);1H. The van der Waals surface area contributed by atoms with Gasteiger partial charge in [0.25, 0.3) is 0 Å². The van der Waals surface area contributed by atoms with Crippen LogP contribution in [-0.2, 0) is 6.54 Å². The van der Waals surface area contributed by atoms with Gasteiger partial charge in [0.1, 0.15) is 18.1 Å². The highest BCUT2D eigenvalue weighted by molar-refractivity contribution is 14.0. The zero-order valence-electron chi connectivity index (χ0n) is 12.5. The Bertz CT molecular complexity index is 605. The Morgan fingerprint density at radius 2 is 1.95 bits per heavy atom. The van der Waals surface area contributed by atoms with Crippen LogP contribution in [0.3, 0.4) is 0 Å². The molecule has 1 aliphatic carbocycles. The van der Waals surface area contributed by atoms with E-state index in [1.54, 1.807) is 0 Å². The third kappa shape index (κ3) is 4.50. The van der Waals surface area contributed by atoms with E-state index in [0.29, 0.717) is 12.5 Å².